The van der Waals surface area contributed by atoms with Gasteiger partial charge in [0.05, 0.1) is 12.0 Å². The summed E-state index contributed by atoms with van der Waals surface area (Å²) in [6, 6.07) is 8.33. The van der Waals surface area contributed by atoms with E-state index in [-0.39, 0.29) is 12.4 Å². The molecule has 1 aromatic heterocycles. The summed E-state index contributed by atoms with van der Waals surface area (Å²) >= 11 is 0. The van der Waals surface area contributed by atoms with E-state index in [2.05, 4.69) is 28.4 Å². The van der Waals surface area contributed by atoms with Crippen molar-refractivity contribution in [2.24, 2.45) is 0 Å². The molecule has 1 aliphatic heterocycles. The SMILES string of the molecule is Cl.c1cc(N2CCNCC2)c2occc2c1. The van der Waals surface area contributed by atoms with Crippen LogP contribution in [-0.2, 0) is 0 Å². The molecule has 0 radical (unpaired) electrons. The van der Waals surface area contributed by atoms with Gasteiger partial charge in [-0.25, -0.2) is 0 Å². The quantitative estimate of drug-likeness (QED) is 0.826. The monoisotopic (exact) mass is 238 g/mol. The van der Waals surface area contributed by atoms with Crippen LogP contribution >= 0.6 is 12.4 Å². The van der Waals surface area contributed by atoms with Crippen LogP contribution in [0.1, 0.15) is 0 Å². The number of furan rings is 1. The van der Waals surface area contributed by atoms with E-state index in [1.807, 2.05) is 6.07 Å². The fourth-order valence-electron chi connectivity index (χ4n) is 2.13. The number of nitrogens with one attached hydrogen (secondary N) is 1. The lowest BCUT2D eigenvalue weighted by Crippen LogP contribution is -2.43. The highest BCUT2D eigenvalue weighted by Crippen LogP contribution is 2.27. The van der Waals surface area contributed by atoms with Crippen LogP contribution in [0.4, 0.5) is 5.69 Å². The summed E-state index contributed by atoms with van der Waals surface area (Å²) in [5.41, 5.74) is 2.23. The molecular weight excluding hydrogens is 224 g/mol. The lowest BCUT2D eigenvalue weighted by atomic mass is 10.2. The van der Waals surface area contributed by atoms with E-state index < -0.39 is 0 Å². The number of benzene rings is 1. The highest BCUT2D eigenvalue weighted by atomic mass is 35.5. The van der Waals surface area contributed by atoms with Crippen molar-refractivity contribution in [3.63, 3.8) is 0 Å². The molecule has 2 heterocycles. The average molecular weight is 239 g/mol. The number of hydrogen-bond acceptors (Lipinski definition) is 3. The minimum Gasteiger partial charge on any atom is -0.462 e. The van der Waals surface area contributed by atoms with Crippen molar-refractivity contribution in [2.45, 2.75) is 0 Å². The van der Waals surface area contributed by atoms with Crippen LogP contribution in [-0.4, -0.2) is 26.2 Å². The molecule has 1 N–H and O–H groups in total. The van der Waals surface area contributed by atoms with Crippen LogP contribution in [0, 0.1) is 0 Å². The van der Waals surface area contributed by atoms with Crippen LogP contribution < -0.4 is 10.2 Å². The second-order valence-corrected chi connectivity index (χ2v) is 3.85. The van der Waals surface area contributed by atoms with Gasteiger partial charge in [-0.2, -0.15) is 0 Å². The standard InChI is InChI=1S/C12H14N2O.ClH/c1-2-10-4-9-15-12(10)11(3-1)14-7-5-13-6-8-14;/h1-4,9,13H,5-8H2;1H. The van der Waals surface area contributed by atoms with Gasteiger partial charge in [0.25, 0.3) is 0 Å². The first-order chi connectivity index (χ1) is 7.45. The largest absolute Gasteiger partial charge is 0.462 e. The second-order valence-electron chi connectivity index (χ2n) is 3.85. The van der Waals surface area contributed by atoms with E-state index in [4.69, 9.17) is 4.42 Å². The van der Waals surface area contributed by atoms with Crippen LogP contribution in [0.5, 0.6) is 0 Å². The van der Waals surface area contributed by atoms with Crippen molar-refractivity contribution in [1.82, 2.24) is 5.32 Å². The predicted molar refractivity (Wildman–Crippen MR) is 68.5 cm³/mol. The fraction of sp³-hybridized carbons (Fsp3) is 0.333. The topological polar surface area (TPSA) is 28.4 Å². The molecule has 2 aromatic rings. The van der Waals surface area contributed by atoms with Gasteiger partial charge in [0.15, 0.2) is 5.58 Å². The molecule has 0 saturated carbocycles. The van der Waals surface area contributed by atoms with Crippen LogP contribution in [0.2, 0.25) is 0 Å². The maximum atomic E-state index is 5.54. The number of para-hydroxylation sites is 1. The molecule has 3 rings (SSSR count). The zero-order chi connectivity index (χ0) is 10.1. The van der Waals surface area contributed by atoms with Gasteiger partial charge in [0.1, 0.15) is 0 Å². The van der Waals surface area contributed by atoms with Crippen LogP contribution in [0.3, 0.4) is 0 Å². The molecule has 0 aliphatic carbocycles. The van der Waals surface area contributed by atoms with Gasteiger partial charge in [0, 0.05) is 31.6 Å². The minimum atomic E-state index is 0. The minimum absolute atomic E-state index is 0. The molecule has 4 heteroatoms. The van der Waals surface area contributed by atoms with Gasteiger partial charge in [0.2, 0.25) is 0 Å². The normalized spacial score (nSPS) is 16.1. The molecule has 0 amide bonds. The van der Waals surface area contributed by atoms with Gasteiger partial charge < -0.3 is 14.6 Å². The van der Waals surface area contributed by atoms with Crippen molar-refractivity contribution in [2.75, 3.05) is 31.1 Å². The Hall–Kier alpha value is -1.19. The van der Waals surface area contributed by atoms with Crippen molar-refractivity contribution in [1.29, 1.82) is 0 Å². The van der Waals surface area contributed by atoms with Crippen molar-refractivity contribution < 1.29 is 4.42 Å². The zero-order valence-electron chi connectivity index (χ0n) is 8.98. The molecule has 0 unspecified atom stereocenters. The summed E-state index contributed by atoms with van der Waals surface area (Å²) in [5.74, 6) is 0. The lowest BCUT2D eigenvalue weighted by molar-refractivity contribution is 0.579. The third-order valence-corrected chi connectivity index (χ3v) is 2.92. The highest BCUT2D eigenvalue weighted by molar-refractivity contribution is 5.89. The van der Waals surface area contributed by atoms with Crippen LogP contribution in [0.15, 0.2) is 34.9 Å². The van der Waals surface area contributed by atoms with Crippen molar-refractivity contribution in [3.8, 4) is 0 Å². The fourth-order valence-corrected chi connectivity index (χ4v) is 2.13. The van der Waals surface area contributed by atoms with Gasteiger partial charge in [-0.3, -0.25) is 0 Å². The molecule has 1 fully saturated rings. The van der Waals surface area contributed by atoms with Gasteiger partial charge in [-0.15, -0.1) is 12.4 Å². The number of fused-ring (bicyclic) bond motifs is 1. The Labute approximate surface area is 101 Å². The molecule has 0 bridgehead atoms. The molecular formula is C12H15ClN2O. The molecule has 16 heavy (non-hydrogen) atoms. The molecule has 3 nitrogen and oxygen atoms in total. The number of piperazine rings is 1. The number of nitrogens with zero attached hydrogens (tertiary/aromatic N) is 1. The molecule has 0 spiro atoms. The molecule has 86 valence electrons. The smallest absolute Gasteiger partial charge is 0.157 e. The zero-order valence-corrected chi connectivity index (χ0v) is 9.80. The number of halogens is 1. The predicted octanol–water partition coefficient (Wildman–Crippen LogP) is 2.26. The van der Waals surface area contributed by atoms with Gasteiger partial charge >= 0.3 is 0 Å². The summed E-state index contributed by atoms with van der Waals surface area (Å²) in [5, 5.41) is 4.54. The number of hydrogen-bond donors (Lipinski definition) is 1. The maximum absolute atomic E-state index is 5.54. The highest BCUT2D eigenvalue weighted by Gasteiger charge is 2.14. The first-order valence-corrected chi connectivity index (χ1v) is 5.37. The molecule has 1 aliphatic rings. The third-order valence-electron chi connectivity index (χ3n) is 2.92. The summed E-state index contributed by atoms with van der Waals surface area (Å²) in [6.07, 6.45) is 1.76. The first-order valence-electron chi connectivity index (χ1n) is 5.37. The van der Waals surface area contributed by atoms with Crippen molar-refractivity contribution in [3.05, 3.63) is 30.5 Å². The Balaban J connectivity index is 0.000000963. The van der Waals surface area contributed by atoms with Crippen molar-refractivity contribution >= 4 is 29.1 Å². The van der Waals surface area contributed by atoms with Crippen LogP contribution in [0.25, 0.3) is 11.0 Å². The lowest BCUT2D eigenvalue weighted by Gasteiger charge is -2.29. The van der Waals surface area contributed by atoms with E-state index in [1.165, 1.54) is 11.1 Å². The van der Waals surface area contributed by atoms with E-state index in [0.717, 1.165) is 31.8 Å². The Kier molecular flexibility index (Phi) is 3.36. The Bertz CT molecular complexity index is 463. The summed E-state index contributed by atoms with van der Waals surface area (Å²) in [7, 11) is 0. The average Bonchev–Trinajstić information content (AvgIpc) is 2.78. The third kappa shape index (κ3) is 1.88. The molecule has 1 aromatic carbocycles. The Morgan fingerprint density at radius 3 is 2.75 bits per heavy atom. The first kappa shape index (κ1) is 11.3. The van der Waals surface area contributed by atoms with E-state index in [9.17, 15) is 0 Å². The van der Waals surface area contributed by atoms with E-state index in [1.54, 1.807) is 6.26 Å². The van der Waals surface area contributed by atoms with E-state index in [0.29, 0.717) is 0 Å². The summed E-state index contributed by atoms with van der Waals surface area (Å²) in [4.78, 5) is 2.38. The van der Waals surface area contributed by atoms with Gasteiger partial charge in [-0.1, -0.05) is 12.1 Å². The van der Waals surface area contributed by atoms with E-state index >= 15 is 0 Å². The number of anilines is 1. The maximum Gasteiger partial charge on any atom is 0.157 e. The Morgan fingerprint density at radius 2 is 1.94 bits per heavy atom. The van der Waals surface area contributed by atoms with Gasteiger partial charge in [-0.05, 0) is 12.1 Å². The second kappa shape index (κ2) is 4.76. The molecule has 0 atom stereocenters. The number of rotatable bonds is 1. The molecule has 1 saturated heterocycles. The summed E-state index contributed by atoms with van der Waals surface area (Å²) < 4.78 is 5.54. The summed E-state index contributed by atoms with van der Waals surface area (Å²) in [6.45, 7) is 4.22. The Morgan fingerprint density at radius 1 is 1.12 bits per heavy atom.